The highest BCUT2D eigenvalue weighted by atomic mass is 19.1. The van der Waals surface area contributed by atoms with Crippen LogP contribution in [0, 0.1) is 5.82 Å². The van der Waals surface area contributed by atoms with Gasteiger partial charge in [-0.25, -0.2) is 4.39 Å². The van der Waals surface area contributed by atoms with Crippen molar-refractivity contribution in [2.24, 2.45) is 0 Å². The summed E-state index contributed by atoms with van der Waals surface area (Å²) in [6, 6.07) is 13.4. The number of carbonyl (C=O) groups is 2. The molecule has 0 spiro atoms. The summed E-state index contributed by atoms with van der Waals surface area (Å²) in [4.78, 5) is 24.7. The molecule has 0 aliphatic carbocycles. The van der Waals surface area contributed by atoms with E-state index in [-0.39, 0.29) is 24.2 Å². The predicted molar refractivity (Wildman–Crippen MR) is 86.2 cm³/mol. The molecule has 0 heterocycles. The molecule has 0 radical (unpaired) electrons. The first-order valence-electron chi connectivity index (χ1n) is 7.29. The standard InChI is InChI=1S/C18H19FN2O2/c1-13(22)20-11-14-7-9-15(10-8-14)18(23)21(2)12-16-5-3-4-6-17(16)19/h3-10H,11-12H2,1-2H3,(H,20,22). The number of nitrogens with one attached hydrogen (secondary N) is 1. The lowest BCUT2D eigenvalue weighted by Crippen LogP contribution is -2.26. The van der Waals surface area contributed by atoms with Crippen LogP contribution in [0.25, 0.3) is 0 Å². The van der Waals surface area contributed by atoms with Crippen LogP contribution >= 0.6 is 0 Å². The molecule has 23 heavy (non-hydrogen) atoms. The van der Waals surface area contributed by atoms with Gasteiger partial charge < -0.3 is 10.2 Å². The van der Waals surface area contributed by atoms with Gasteiger partial charge in [0.05, 0.1) is 0 Å². The smallest absolute Gasteiger partial charge is 0.253 e. The molecule has 2 rings (SSSR count). The second-order valence-corrected chi connectivity index (χ2v) is 5.36. The first-order valence-corrected chi connectivity index (χ1v) is 7.29. The maximum Gasteiger partial charge on any atom is 0.253 e. The van der Waals surface area contributed by atoms with Crippen molar-refractivity contribution in [3.8, 4) is 0 Å². The summed E-state index contributed by atoms with van der Waals surface area (Å²) in [5.41, 5.74) is 1.91. The average Bonchev–Trinajstić information content (AvgIpc) is 2.54. The average molecular weight is 314 g/mol. The summed E-state index contributed by atoms with van der Waals surface area (Å²) in [5.74, 6) is -0.605. The van der Waals surface area contributed by atoms with Crippen molar-refractivity contribution >= 4 is 11.8 Å². The second-order valence-electron chi connectivity index (χ2n) is 5.36. The third kappa shape index (κ3) is 4.64. The molecule has 0 fully saturated rings. The maximum absolute atomic E-state index is 13.6. The number of hydrogen-bond acceptors (Lipinski definition) is 2. The van der Waals surface area contributed by atoms with Crippen LogP contribution in [-0.4, -0.2) is 23.8 Å². The van der Waals surface area contributed by atoms with Crippen LogP contribution in [-0.2, 0) is 17.9 Å². The van der Waals surface area contributed by atoms with Gasteiger partial charge in [0.2, 0.25) is 5.91 Å². The highest BCUT2D eigenvalue weighted by Gasteiger charge is 2.13. The molecule has 0 saturated heterocycles. The number of carbonyl (C=O) groups excluding carboxylic acids is 2. The van der Waals surface area contributed by atoms with Crippen molar-refractivity contribution in [1.29, 1.82) is 0 Å². The van der Waals surface area contributed by atoms with Gasteiger partial charge in [0.15, 0.2) is 0 Å². The van der Waals surface area contributed by atoms with Gasteiger partial charge >= 0.3 is 0 Å². The Bertz CT molecular complexity index is 698. The molecule has 1 N–H and O–H groups in total. The third-order valence-electron chi connectivity index (χ3n) is 3.45. The van der Waals surface area contributed by atoms with Gasteiger partial charge in [0, 0.05) is 38.2 Å². The van der Waals surface area contributed by atoms with Crippen molar-refractivity contribution in [2.75, 3.05) is 7.05 Å². The largest absolute Gasteiger partial charge is 0.352 e. The quantitative estimate of drug-likeness (QED) is 0.922. The van der Waals surface area contributed by atoms with Crippen LogP contribution in [0.2, 0.25) is 0 Å². The van der Waals surface area contributed by atoms with E-state index in [2.05, 4.69) is 5.32 Å². The highest BCUT2D eigenvalue weighted by molar-refractivity contribution is 5.94. The molecule has 0 atom stereocenters. The normalized spacial score (nSPS) is 10.2. The maximum atomic E-state index is 13.6. The Morgan fingerprint density at radius 3 is 2.35 bits per heavy atom. The number of benzene rings is 2. The minimum Gasteiger partial charge on any atom is -0.352 e. The summed E-state index contributed by atoms with van der Waals surface area (Å²) in [5, 5.41) is 2.70. The zero-order valence-corrected chi connectivity index (χ0v) is 13.2. The Labute approximate surface area is 134 Å². The van der Waals surface area contributed by atoms with Gasteiger partial charge in [-0.05, 0) is 23.8 Å². The molecule has 0 aliphatic rings. The van der Waals surface area contributed by atoms with Gasteiger partial charge in [-0.3, -0.25) is 9.59 Å². The van der Waals surface area contributed by atoms with Crippen molar-refractivity contribution < 1.29 is 14.0 Å². The fourth-order valence-electron chi connectivity index (χ4n) is 2.17. The van der Waals surface area contributed by atoms with E-state index in [4.69, 9.17) is 0 Å². The molecule has 0 aliphatic heterocycles. The zero-order chi connectivity index (χ0) is 16.8. The topological polar surface area (TPSA) is 49.4 Å². The van der Waals surface area contributed by atoms with Gasteiger partial charge in [0.1, 0.15) is 5.82 Å². The minimum absolute atomic E-state index is 0.102. The molecular weight excluding hydrogens is 295 g/mol. The monoisotopic (exact) mass is 314 g/mol. The van der Waals surface area contributed by atoms with Crippen LogP contribution in [0.5, 0.6) is 0 Å². The lowest BCUT2D eigenvalue weighted by molar-refractivity contribution is -0.119. The lowest BCUT2D eigenvalue weighted by atomic mass is 10.1. The molecule has 2 amide bonds. The number of rotatable bonds is 5. The molecule has 2 aromatic rings. The molecule has 120 valence electrons. The number of halogens is 1. The van der Waals surface area contributed by atoms with Gasteiger partial charge in [-0.1, -0.05) is 30.3 Å². The summed E-state index contributed by atoms with van der Waals surface area (Å²) in [6.45, 7) is 2.09. The summed E-state index contributed by atoms with van der Waals surface area (Å²) >= 11 is 0. The lowest BCUT2D eigenvalue weighted by Gasteiger charge is -2.18. The Hall–Kier alpha value is -2.69. The van der Waals surface area contributed by atoms with Crippen LogP contribution in [0.4, 0.5) is 4.39 Å². The summed E-state index contributed by atoms with van der Waals surface area (Å²) in [7, 11) is 1.64. The second kappa shape index (κ2) is 7.54. The molecule has 5 heteroatoms. The van der Waals surface area contributed by atoms with Crippen molar-refractivity contribution in [3.05, 3.63) is 71.0 Å². The van der Waals surface area contributed by atoms with Gasteiger partial charge in [-0.15, -0.1) is 0 Å². The van der Waals surface area contributed by atoms with Gasteiger partial charge in [0.25, 0.3) is 5.91 Å². The van der Waals surface area contributed by atoms with Gasteiger partial charge in [-0.2, -0.15) is 0 Å². The Kier molecular flexibility index (Phi) is 5.46. The highest BCUT2D eigenvalue weighted by Crippen LogP contribution is 2.12. The third-order valence-corrected chi connectivity index (χ3v) is 3.45. The molecule has 4 nitrogen and oxygen atoms in total. The van der Waals surface area contributed by atoms with Crippen LogP contribution in [0.1, 0.15) is 28.4 Å². The van der Waals surface area contributed by atoms with E-state index >= 15 is 0 Å². The molecule has 0 saturated carbocycles. The van der Waals surface area contributed by atoms with Crippen LogP contribution in [0.15, 0.2) is 48.5 Å². The van der Waals surface area contributed by atoms with E-state index in [1.54, 1.807) is 49.5 Å². The van der Waals surface area contributed by atoms with E-state index < -0.39 is 0 Å². The molecule has 0 aromatic heterocycles. The van der Waals surface area contributed by atoms with Crippen molar-refractivity contribution in [2.45, 2.75) is 20.0 Å². The Balaban J connectivity index is 2.02. The Morgan fingerprint density at radius 1 is 1.09 bits per heavy atom. The van der Waals surface area contributed by atoms with E-state index in [1.807, 2.05) is 0 Å². The van der Waals surface area contributed by atoms with E-state index in [1.165, 1.54) is 17.9 Å². The summed E-state index contributed by atoms with van der Waals surface area (Å²) < 4.78 is 13.6. The number of hydrogen-bond donors (Lipinski definition) is 1. The van der Waals surface area contributed by atoms with Crippen LogP contribution < -0.4 is 5.32 Å². The number of amides is 2. The fraction of sp³-hybridized carbons (Fsp3) is 0.222. The Morgan fingerprint density at radius 2 is 1.74 bits per heavy atom. The predicted octanol–water partition coefficient (Wildman–Crippen LogP) is 2.73. The minimum atomic E-state index is -0.321. The molecular formula is C18H19FN2O2. The van der Waals surface area contributed by atoms with E-state index in [0.717, 1.165) is 5.56 Å². The zero-order valence-electron chi connectivity index (χ0n) is 13.2. The first-order chi connectivity index (χ1) is 11.0. The fourth-order valence-corrected chi connectivity index (χ4v) is 2.17. The van der Waals surface area contributed by atoms with Crippen molar-refractivity contribution in [1.82, 2.24) is 10.2 Å². The number of nitrogens with zero attached hydrogens (tertiary/aromatic N) is 1. The van der Waals surface area contributed by atoms with Crippen LogP contribution in [0.3, 0.4) is 0 Å². The molecule has 2 aromatic carbocycles. The van der Waals surface area contributed by atoms with E-state index in [0.29, 0.717) is 17.7 Å². The molecule has 0 unspecified atom stereocenters. The molecule has 0 bridgehead atoms. The SMILES string of the molecule is CC(=O)NCc1ccc(C(=O)N(C)Cc2ccccc2F)cc1. The van der Waals surface area contributed by atoms with Crippen molar-refractivity contribution in [3.63, 3.8) is 0 Å². The summed E-state index contributed by atoms with van der Waals surface area (Å²) in [6.07, 6.45) is 0. The van der Waals surface area contributed by atoms with E-state index in [9.17, 15) is 14.0 Å². The first kappa shape index (κ1) is 16.7.